The summed E-state index contributed by atoms with van der Waals surface area (Å²) in [5.41, 5.74) is 2.05. The minimum absolute atomic E-state index is 0.708. The van der Waals surface area contributed by atoms with E-state index in [4.69, 9.17) is 11.6 Å². The number of aromatic nitrogens is 2. The van der Waals surface area contributed by atoms with Gasteiger partial charge in [0.25, 0.3) is 0 Å². The van der Waals surface area contributed by atoms with Crippen LogP contribution in [0.15, 0.2) is 18.2 Å². The summed E-state index contributed by atoms with van der Waals surface area (Å²) in [7, 11) is 0. The molecule has 1 aromatic heterocycles. The fraction of sp³-hybridized carbons (Fsp3) is 0.462. The maximum atomic E-state index is 5.96. The molecule has 4 heteroatoms. The van der Waals surface area contributed by atoms with Crippen molar-refractivity contribution in [3.63, 3.8) is 0 Å². The Morgan fingerprint density at radius 2 is 2.35 bits per heavy atom. The number of aromatic amines is 1. The monoisotopic (exact) mass is 249 g/mol. The number of nitrogens with one attached hydrogen (secondary N) is 2. The SMILES string of the molecule is Clc1ccc2nc(CC3CCCNC3)[nH]c2c1. The van der Waals surface area contributed by atoms with Gasteiger partial charge in [0.2, 0.25) is 0 Å². The lowest BCUT2D eigenvalue weighted by atomic mass is 9.96. The van der Waals surface area contributed by atoms with Gasteiger partial charge in [0.15, 0.2) is 0 Å². The predicted octanol–water partition coefficient (Wildman–Crippen LogP) is 2.76. The summed E-state index contributed by atoms with van der Waals surface area (Å²) in [4.78, 5) is 7.97. The van der Waals surface area contributed by atoms with Crippen molar-refractivity contribution in [3.05, 3.63) is 29.0 Å². The first-order valence-electron chi connectivity index (χ1n) is 6.16. The zero-order chi connectivity index (χ0) is 11.7. The Bertz CT molecular complexity index is 514. The second kappa shape index (κ2) is 4.67. The van der Waals surface area contributed by atoms with E-state index in [1.807, 2.05) is 18.2 Å². The Balaban J connectivity index is 1.80. The van der Waals surface area contributed by atoms with E-state index >= 15 is 0 Å². The molecule has 0 amide bonds. The number of rotatable bonds is 2. The highest BCUT2D eigenvalue weighted by atomic mass is 35.5. The van der Waals surface area contributed by atoms with Gasteiger partial charge in [-0.1, -0.05) is 11.6 Å². The molecule has 2 N–H and O–H groups in total. The third kappa shape index (κ3) is 2.45. The summed E-state index contributed by atoms with van der Waals surface area (Å²) >= 11 is 5.96. The van der Waals surface area contributed by atoms with E-state index in [0.717, 1.165) is 41.4 Å². The Hall–Kier alpha value is -1.06. The predicted molar refractivity (Wildman–Crippen MR) is 70.4 cm³/mol. The fourth-order valence-corrected chi connectivity index (χ4v) is 2.68. The molecule has 90 valence electrons. The molecule has 1 aromatic carbocycles. The van der Waals surface area contributed by atoms with E-state index in [9.17, 15) is 0 Å². The second-order valence-electron chi connectivity index (χ2n) is 4.76. The molecule has 3 nitrogen and oxygen atoms in total. The van der Waals surface area contributed by atoms with Gasteiger partial charge in [0.1, 0.15) is 5.82 Å². The van der Waals surface area contributed by atoms with Crippen molar-refractivity contribution in [3.8, 4) is 0 Å². The third-order valence-electron chi connectivity index (χ3n) is 3.37. The molecule has 2 aromatic rings. The Morgan fingerprint density at radius 1 is 1.41 bits per heavy atom. The van der Waals surface area contributed by atoms with E-state index < -0.39 is 0 Å². The van der Waals surface area contributed by atoms with E-state index in [-0.39, 0.29) is 0 Å². The van der Waals surface area contributed by atoms with Crippen molar-refractivity contribution < 1.29 is 0 Å². The van der Waals surface area contributed by atoms with E-state index in [2.05, 4.69) is 15.3 Å². The first-order chi connectivity index (χ1) is 8.31. The standard InChI is InChI=1S/C13H16ClN3/c14-10-3-4-11-12(7-10)17-13(16-11)6-9-2-1-5-15-8-9/h3-4,7,9,15H,1-2,5-6,8H2,(H,16,17). The summed E-state index contributed by atoms with van der Waals surface area (Å²) in [5, 5.41) is 4.19. The average Bonchev–Trinajstić information content (AvgIpc) is 2.71. The summed E-state index contributed by atoms with van der Waals surface area (Å²) < 4.78 is 0. The van der Waals surface area contributed by atoms with Gasteiger partial charge in [0, 0.05) is 11.4 Å². The number of fused-ring (bicyclic) bond motifs is 1. The molecule has 1 unspecified atom stereocenters. The van der Waals surface area contributed by atoms with Gasteiger partial charge in [-0.25, -0.2) is 4.98 Å². The van der Waals surface area contributed by atoms with Crippen LogP contribution in [0, 0.1) is 5.92 Å². The first-order valence-corrected chi connectivity index (χ1v) is 6.54. The van der Waals surface area contributed by atoms with Crippen LogP contribution in [-0.4, -0.2) is 23.1 Å². The molecule has 0 bridgehead atoms. The molecule has 0 radical (unpaired) electrons. The zero-order valence-electron chi connectivity index (χ0n) is 9.67. The lowest BCUT2D eigenvalue weighted by molar-refractivity contribution is 0.371. The number of hydrogen-bond donors (Lipinski definition) is 2. The van der Waals surface area contributed by atoms with Gasteiger partial charge in [-0.15, -0.1) is 0 Å². The summed E-state index contributed by atoms with van der Waals surface area (Å²) in [6, 6.07) is 5.79. The number of halogens is 1. The van der Waals surface area contributed by atoms with Crippen LogP contribution in [0.3, 0.4) is 0 Å². The van der Waals surface area contributed by atoms with Gasteiger partial charge in [-0.3, -0.25) is 0 Å². The molecule has 3 rings (SSSR count). The van der Waals surface area contributed by atoms with Crippen LogP contribution in [0.25, 0.3) is 11.0 Å². The van der Waals surface area contributed by atoms with Crippen LogP contribution >= 0.6 is 11.6 Å². The molecular weight excluding hydrogens is 234 g/mol. The van der Waals surface area contributed by atoms with Crippen LogP contribution in [-0.2, 0) is 6.42 Å². The smallest absolute Gasteiger partial charge is 0.107 e. The van der Waals surface area contributed by atoms with Crippen molar-refractivity contribution >= 4 is 22.6 Å². The number of piperidine rings is 1. The molecule has 1 saturated heterocycles. The quantitative estimate of drug-likeness (QED) is 0.859. The van der Waals surface area contributed by atoms with Gasteiger partial charge < -0.3 is 10.3 Å². The molecule has 1 atom stereocenters. The number of benzene rings is 1. The van der Waals surface area contributed by atoms with Crippen molar-refractivity contribution in [2.75, 3.05) is 13.1 Å². The van der Waals surface area contributed by atoms with Gasteiger partial charge in [-0.05, 0) is 50.0 Å². The molecule has 2 heterocycles. The molecular formula is C13H16ClN3. The minimum atomic E-state index is 0.708. The van der Waals surface area contributed by atoms with Crippen LogP contribution in [0.1, 0.15) is 18.7 Å². The van der Waals surface area contributed by atoms with Crippen LogP contribution in [0.2, 0.25) is 5.02 Å². The minimum Gasteiger partial charge on any atom is -0.342 e. The fourth-order valence-electron chi connectivity index (χ4n) is 2.50. The lowest BCUT2D eigenvalue weighted by Gasteiger charge is -2.21. The summed E-state index contributed by atoms with van der Waals surface area (Å²) in [6.45, 7) is 2.27. The highest BCUT2D eigenvalue weighted by Crippen LogP contribution is 2.20. The van der Waals surface area contributed by atoms with Crippen molar-refractivity contribution in [2.24, 2.45) is 5.92 Å². The molecule has 0 spiro atoms. The maximum absolute atomic E-state index is 5.96. The highest BCUT2D eigenvalue weighted by molar-refractivity contribution is 6.31. The zero-order valence-corrected chi connectivity index (χ0v) is 10.4. The van der Waals surface area contributed by atoms with Gasteiger partial charge in [0.05, 0.1) is 11.0 Å². The first kappa shape index (κ1) is 11.1. The van der Waals surface area contributed by atoms with Crippen molar-refractivity contribution in [1.29, 1.82) is 0 Å². The number of imidazole rings is 1. The number of H-pyrrole nitrogens is 1. The topological polar surface area (TPSA) is 40.7 Å². The number of hydrogen-bond acceptors (Lipinski definition) is 2. The molecule has 1 fully saturated rings. The Labute approximate surface area is 106 Å². The van der Waals surface area contributed by atoms with E-state index in [1.165, 1.54) is 12.8 Å². The van der Waals surface area contributed by atoms with E-state index in [0.29, 0.717) is 5.92 Å². The number of nitrogens with zero attached hydrogens (tertiary/aromatic N) is 1. The Kier molecular flexibility index (Phi) is 3.04. The van der Waals surface area contributed by atoms with E-state index in [1.54, 1.807) is 0 Å². The van der Waals surface area contributed by atoms with Crippen LogP contribution in [0.4, 0.5) is 0 Å². The average molecular weight is 250 g/mol. The lowest BCUT2D eigenvalue weighted by Crippen LogP contribution is -2.31. The maximum Gasteiger partial charge on any atom is 0.107 e. The molecule has 1 aliphatic rings. The largest absolute Gasteiger partial charge is 0.342 e. The van der Waals surface area contributed by atoms with Crippen molar-refractivity contribution in [2.45, 2.75) is 19.3 Å². The van der Waals surface area contributed by atoms with Crippen molar-refractivity contribution in [1.82, 2.24) is 15.3 Å². The molecule has 17 heavy (non-hydrogen) atoms. The Morgan fingerprint density at radius 3 is 3.18 bits per heavy atom. The van der Waals surface area contributed by atoms with Gasteiger partial charge in [-0.2, -0.15) is 0 Å². The molecule has 0 saturated carbocycles. The second-order valence-corrected chi connectivity index (χ2v) is 5.20. The summed E-state index contributed by atoms with van der Waals surface area (Å²) in [5.74, 6) is 1.79. The van der Waals surface area contributed by atoms with Gasteiger partial charge >= 0.3 is 0 Å². The molecule has 1 aliphatic heterocycles. The van der Waals surface area contributed by atoms with Crippen LogP contribution < -0.4 is 5.32 Å². The molecule has 0 aliphatic carbocycles. The van der Waals surface area contributed by atoms with Crippen LogP contribution in [0.5, 0.6) is 0 Å². The highest BCUT2D eigenvalue weighted by Gasteiger charge is 2.15. The summed E-state index contributed by atoms with van der Waals surface area (Å²) in [6.07, 6.45) is 3.60. The normalized spacial score (nSPS) is 20.9. The third-order valence-corrected chi connectivity index (χ3v) is 3.61.